The quantitative estimate of drug-likeness (QED) is 0.707. The highest BCUT2D eigenvalue weighted by atomic mass is 16.5. The summed E-state index contributed by atoms with van der Waals surface area (Å²) in [6.07, 6.45) is 2.37. The van der Waals surface area contributed by atoms with Crippen LogP contribution >= 0.6 is 0 Å². The maximum absolute atomic E-state index is 9.60. The van der Waals surface area contributed by atoms with E-state index in [4.69, 9.17) is 4.74 Å². The standard InChI is InChI=1S/C13H28O2/c1-7-11(14)9-13(5,6)15-10-12(3,4)8-2/h11,14H,7-10H2,1-6H3. The molecule has 0 aromatic heterocycles. The van der Waals surface area contributed by atoms with Crippen LogP contribution < -0.4 is 0 Å². The molecule has 0 aliphatic heterocycles. The summed E-state index contributed by atoms with van der Waals surface area (Å²) < 4.78 is 5.90. The molecule has 92 valence electrons. The molecule has 0 saturated carbocycles. The van der Waals surface area contributed by atoms with Crippen molar-refractivity contribution < 1.29 is 9.84 Å². The summed E-state index contributed by atoms with van der Waals surface area (Å²) >= 11 is 0. The lowest BCUT2D eigenvalue weighted by molar-refractivity contribution is -0.0785. The largest absolute Gasteiger partial charge is 0.393 e. The molecular formula is C13H28O2. The van der Waals surface area contributed by atoms with Gasteiger partial charge in [-0.2, -0.15) is 0 Å². The first-order valence-corrected chi connectivity index (χ1v) is 6.04. The summed E-state index contributed by atoms with van der Waals surface area (Å²) in [5.41, 5.74) is 0.0102. The first kappa shape index (κ1) is 14.9. The molecule has 1 N–H and O–H groups in total. The predicted octanol–water partition coefficient (Wildman–Crippen LogP) is 3.38. The van der Waals surface area contributed by atoms with Gasteiger partial charge < -0.3 is 9.84 Å². The normalized spacial score (nSPS) is 15.4. The Balaban J connectivity index is 4.03. The molecule has 0 aromatic carbocycles. The van der Waals surface area contributed by atoms with Gasteiger partial charge in [0.15, 0.2) is 0 Å². The average molecular weight is 216 g/mol. The highest BCUT2D eigenvalue weighted by Gasteiger charge is 2.25. The van der Waals surface area contributed by atoms with E-state index in [2.05, 4.69) is 34.6 Å². The van der Waals surface area contributed by atoms with E-state index in [-0.39, 0.29) is 17.1 Å². The molecule has 0 aliphatic carbocycles. The summed E-state index contributed by atoms with van der Waals surface area (Å²) in [5.74, 6) is 0. The molecule has 0 rings (SSSR count). The molecule has 2 heteroatoms. The molecule has 15 heavy (non-hydrogen) atoms. The second-order valence-corrected chi connectivity index (χ2v) is 5.83. The van der Waals surface area contributed by atoms with Crippen LogP contribution in [-0.4, -0.2) is 23.4 Å². The lowest BCUT2D eigenvalue weighted by atomic mass is 9.91. The summed E-state index contributed by atoms with van der Waals surface area (Å²) in [4.78, 5) is 0. The van der Waals surface area contributed by atoms with Gasteiger partial charge in [0.2, 0.25) is 0 Å². The van der Waals surface area contributed by atoms with Crippen LogP contribution in [0.25, 0.3) is 0 Å². The van der Waals surface area contributed by atoms with Gasteiger partial charge in [-0.1, -0.05) is 27.7 Å². The fraction of sp³-hybridized carbons (Fsp3) is 1.00. The molecule has 1 atom stereocenters. The topological polar surface area (TPSA) is 29.5 Å². The zero-order valence-electron chi connectivity index (χ0n) is 11.3. The first-order chi connectivity index (χ1) is 6.72. The van der Waals surface area contributed by atoms with Gasteiger partial charge in [-0.15, -0.1) is 0 Å². The Morgan fingerprint density at radius 3 is 2.07 bits per heavy atom. The molecule has 0 amide bonds. The maximum atomic E-state index is 9.60. The SMILES string of the molecule is CCC(O)CC(C)(C)OCC(C)(C)CC. The monoisotopic (exact) mass is 216 g/mol. The number of aliphatic hydroxyl groups is 1. The second-order valence-electron chi connectivity index (χ2n) is 5.83. The Hall–Kier alpha value is -0.0800. The Kier molecular flexibility index (Phi) is 5.82. The Bertz CT molecular complexity index is 173. The maximum Gasteiger partial charge on any atom is 0.0651 e. The van der Waals surface area contributed by atoms with Crippen molar-refractivity contribution in [1.29, 1.82) is 0 Å². The van der Waals surface area contributed by atoms with E-state index in [1.165, 1.54) is 0 Å². The van der Waals surface area contributed by atoms with E-state index < -0.39 is 0 Å². The van der Waals surface area contributed by atoms with E-state index in [0.29, 0.717) is 6.42 Å². The van der Waals surface area contributed by atoms with Crippen LogP contribution in [0.15, 0.2) is 0 Å². The third-order valence-electron chi connectivity index (χ3n) is 3.01. The van der Waals surface area contributed by atoms with Crippen LogP contribution in [0.1, 0.15) is 60.8 Å². The van der Waals surface area contributed by atoms with Crippen molar-refractivity contribution in [2.75, 3.05) is 6.61 Å². The van der Waals surface area contributed by atoms with Gasteiger partial charge in [0.1, 0.15) is 0 Å². The van der Waals surface area contributed by atoms with Gasteiger partial charge in [-0.3, -0.25) is 0 Å². The van der Waals surface area contributed by atoms with Gasteiger partial charge in [-0.25, -0.2) is 0 Å². The number of ether oxygens (including phenoxy) is 1. The Morgan fingerprint density at radius 1 is 1.13 bits per heavy atom. The molecule has 0 bridgehead atoms. The van der Waals surface area contributed by atoms with E-state index in [1.807, 2.05) is 6.92 Å². The van der Waals surface area contributed by atoms with Crippen LogP contribution in [0, 0.1) is 5.41 Å². The zero-order chi connectivity index (χ0) is 12.1. The minimum absolute atomic E-state index is 0.220. The minimum Gasteiger partial charge on any atom is -0.393 e. The van der Waals surface area contributed by atoms with Crippen LogP contribution in [-0.2, 0) is 4.74 Å². The first-order valence-electron chi connectivity index (χ1n) is 6.04. The van der Waals surface area contributed by atoms with E-state index in [9.17, 15) is 5.11 Å². The van der Waals surface area contributed by atoms with Gasteiger partial charge in [0, 0.05) is 6.42 Å². The van der Waals surface area contributed by atoms with E-state index >= 15 is 0 Å². The highest BCUT2D eigenvalue weighted by Crippen LogP contribution is 2.25. The fourth-order valence-electron chi connectivity index (χ4n) is 1.26. The van der Waals surface area contributed by atoms with Gasteiger partial charge in [0.05, 0.1) is 18.3 Å². The molecule has 0 saturated heterocycles. The molecule has 0 spiro atoms. The van der Waals surface area contributed by atoms with Crippen LogP contribution in [0.3, 0.4) is 0 Å². The third kappa shape index (κ3) is 6.91. The molecule has 0 fully saturated rings. The lowest BCUT2D eigenvalue weighted by Crippen LogP contribution is -2.33. The van der Waals surface area contributed by atoms with Crippen LogP contribution in [0.4, 0.5) is 0 Å². The molecule has 1 unspecified atom stereocenters. The average Bonchev–Trinajstić information content (AvgIpc) is 2.14. The number of hydrogen-bond acceptors (Lipinski definition) is 2. The van der Waals surface area contributed by atoms with Gasteiger partial charge in [-0.05, 0) is 32.1 Å². The molecule has 2 nitrogen and oxygen atoms in total. The third-order valence-corrected chi connectivity index (χ3v) is 3.01. The molecule has 0 heterocycles. The van der Waals surface area contributed by atoms with Crippen LogP contribution in [0.2, 0.25) is 0 Å². The van der Waals surface area contributed by atoms with Crippen molar-refractivity contribution in [1.82, 2.24) is 0 Å². The Morgan fingerprint density at radius 2 is 1.67 bits per heavy atom. The van der Waals surface area contributed by atoms with Crippen molar-refractivity contribution in [3.63, 3.8) is 0 Å². The lowest BCUT2D eigenvalue weighted by Gasteiger charge is -2.32. The highest BCUT2D eigenvalue weighted by molar-refractivity contribution is 4.75. The van der Waals surface area contributed by atoms with E-state index in [0.717, 1.165) is 19.4 Å². The minimum atomic E-state index is -0.246. The summed E-state index contributed by atoms with van der Waals surface area (Å²) in [6, 6.07) is 0. The number of aliphatic hydroxyl groups excluding tert-OH is 1. The van der Waals surface area contributed by atoms with Crippen molar-refractivity contribution in [2.24, 2.45) is 5.41 Å². The summed E-state index contributed by atoms with van der Waals surface area (Å²) in [6.45, 7) is 13.5. The van der Waals surface area contributed by atoms with Crippen LogP contribution in [0.5, 0.6) is 0 Å². The van der Waals surface area contributed by atoms with Crippen molar-refractivity contribution in [3.05, 3.63) is 0 Å². The van der Waals surface area contributed by atoms with Gasteiger partial charge in [0.25, 0.3) is 0 Å². The number of hydrogen-bond donors (Lipinski definition) is 1. The summed E-state index contributed by atoms with van der Waals surface area (Å²) in [7, 11) is 0. The van der Waals surface area contributed by atoms with Crippen molar-refractivity contribution in [3.8, 4) is 0 Å². The molecule has 0 aliphatic rings. The predicted molar refractivity (Wildman–Crippen MR) is 65.0 cm³/mol. The zero-order valence-corrected chi connectivity index (χ0v) is 11.3. The smallest absolute Gasteiger partial charge is 0.0651 e. The van der Waals surface area contributed by atoms with Crippen molar-refractivity contribution in [2.45, 2.75) is 72.5 Å². The Labute approximate surface area is 95.0 Å². The fourth-order valence-corrected chi connectivity index (χ4v) is 1.26. The van der Waals surface area contributed by atoms with Crippen molar-refractivity contribution >= 4 is 0 Å². The molecule has 0 aromatic rings. The summed E-state index contributed by atoms with van der Waals surface area (Å²) in [5, 5.41) is 9.60. The number of rotatable bonds is 7. The molecule has 0 radical (unpaired) electrons. The molecular weight excluding hydrogens is 188 g/mol. The van der Waals surface area contributed by atoms with Gasteiger partial charge >= 0.3 is 0 Å². The second kappa shape index (κ2) is 5.86. The van der Waals surface area contributed by atoms with E-state index in [1.54, 1.807) is 0 Å².